The van der Waals surface area contributed by atoms with Gasteiger partial charge in [-0.3, -0.25) is 4.79 Å². The third kappa shape index (κ3) is 4.20. The molecule has 0 saturated carbocycles. The van der Waals surface area contributed by atoms with E-state index in [4.69, 9.17) is 4.74 Å². The van der Waals surface area contributed by atoms with Crippen molar-refractivity contribution >= 4 is 5.91 Å². The van der Waals surface area contributed by atoms with Crippen LogP contribution in [0.2, 0.25) is 0 Å². The summed E-state index contributed by atoms with van der Waals surface area (Å²) in [7, 11) is 1.76. The number of hydrogen-bond acceptors (Lipinski definition) is 5. The molecule has 3 aromatic rings. The summed E-state index contributed by atoms with van der Waals surface area (Å²) in [4.78, 5) is 14.2. The van der Waals surface area contributed by atoms with Crippen molar-refractivity contribution in [1.29, 1.82) is 0 Å². The molecule has 0 aliphatic carbocycles. The third-order valence-corrected chi connectivity index (χ3v) is 3.74. The quantitative estimate of drug-likeness (QED) is 0.689. The number of rotatable bonds is 6. The number of tetrazole rings is 1. The topological polar surface area (TPSA) is 73.1 Å². The maximum atomic E-state index is 12.6. The second-order valence-corrected chi connectivity index (χ2v) is 5.70. The van der Waals surface area contributed by atoms with E-state index in [1.54, 1.807) is 30.1 Å². The Kier molecular flexibility index (Phi) is 5.03. The van der Waals surface area contributed by atoms with E-state index in [1.807, 2.05) is 37.3 Å². The standard InChI is InChI=1S/C18H19N5O2/c1-14-5-3-8-17(11-14)25-10-9-22(2)18(24)15-6-4-7-16(12-15)23-13-19-20-21-23/h3-8,11-13H,9-10H2,1-2H3. The molecular weight excluding hydrogens is 318 g/mol. The minimum absolute atomic E-state index is 0.0808. The van der Waals surface area contributed by atoms with Crippen LogP contribution in [0.4, 0.5) is 0 Å². The summed E-state index contributed by atoms with van der Waals surface area (Å²) in [5.74, 6) is 0.726. The van der Waals surface area contributed by atoms with Gasteiger partial charge in [0, 0.05) is 12.6 Å². The molecule has 7 heteroatoms. The zero-order valence-corrected chi connectivity index (χ0v) is 14.2. The highest BCUT2D eigenvalue weighted by molar-refractivity contribution is 5.94. The molecule has 0 unspecified atom stereocenters. The van der Waals surface area contributed by atoms with E-state index >= 15 is 0 Å². The summed E-state index contributed by atoms with van der Waals surface area (Å²) in [6.07, 6.45) is 1.49. The molecule has 1 aromatic heterocycles. The zero-order chi connectivity index (χ0) is 17.6. The molecule has 128 valence electrons. The van der Waals surface area contributed by atoms with Crippen LogP contribution in [0.1, 0.15) is 15.9 Å². The predicted molar refractivity (Wildman–Crippen MR) is 92.8 cm³/mol. The lowest BCUT2D eigenvalue weighted by atomic mass is 10.2. The number of benzene rings is 2. The number of carbonyl (C=O) groups is 1. The Balaban J connectivity index is 1.60. The van der Waals surface area contributed by atoms with Gasteiger partial charge in [-0.25, -0.2) is 4.68 Å². The van der Waals surface area contributed by atoms with Gasteiger partial charge in [-0.1, -0.05) is 18.2 Å². The van der Waals surface area contributed by atoms with Crippen molar-refractivity contribution in [2.45, 2.75) is 6.92 Å². The summed E-state index contributed by atoms with van der Waals surface area (Å²) in [6, 6.07) is 15.0. The molecular formula is C18H19N5O2. The summed E-state index contributed by atoms with van der Waals surface area (Å²) in [5.41, 5.74) is 2.45. The van der Waals surface area contributed by atoms with Gasteiger partial charge in [0.15, 0.2) is 0 Å². The van der Waals surface area contributed by atoms with E-state index in [-0.39, 0.29) is 5.91 Å². The first-order valence-electron chi connectivity index (χ1n) is 7.92. The maximum absolute atomic E-state index is 12.6. The number of amides is 1. The van der Waals surface area contributed by atoms with Crippen molar-refractivity contribution in [3.63, 3.8) is 0 Å². The van der Waals surface area contributed by atoms with E-state index in [9.17, 15) is 4.79 Å². The van der Waals surface area contributed by atoms with Crippen molar-refractivity contribution in [1.82, 2.24) is 25.1 Å². The molecule has 7 nitrogen and oxygen atoms in total. The molecule has 0 atom stereocenters. The van der Waals surface area contributed by atoms with Gasteiger partial charge in [-0.15, -0.1) is 5.10 Å². The molecule has 0 aliphatic rings. The lowest BCUT2D eigenvalue weighted by Crippen LogP contribution is -2.30. The maximum Gasteiger partial charge on any atom is 0.253 e. The van der Waals surface area contributed by atoms with Crippen molar-refractivity contribution < 1.29 is 9.53 Å². The van der Waals surface area contributed by atoms with Crippen LogP contribution in [0.25, 0.3) is 5.69 Å². The number of hydrogen-bond donors (Lipinski definition) is 0. The van der Waals surface area contributed by atoms with Gasteiger partial charge < -0.3 is 9.64 Å². The number of carbonyl (C=O) groups excluding carboxylic acids is 1. The molecule has 0 fully saturated rings. The normalized spacial score (nSPS) is 10.5. The average molecular weight is 337 g/mol. The van der Waals surface area contributed by atoms with Crippen LogP contribution in [0.3, 0.4) is 0 Å². The molecule has 25 heavy (non-hydrogen) atoms. The van der Waals surface area contributed by atoms with Gasteiger partial charge in [0.1, 0.15) is 18.7 Å². The number of ether oxygens (including phenoxy) is 1. The van der Waals surface area contributed by atoms with E-state index in [0.717, 1.165) is 17.0 Å². The Labute approximate surface area is 145 Å². The van der Waals surface area contributed by atoms with Gasteiger partial charge in [0.25, 0.3) is 5.91 Å². The molecule has 3 rings (SSSR count). The first-order chi connectivity index (χ1) is 12.1. The summed E-state index contributed by atoms with van der Waals surface area (Å²) in [6.45, 7) is 2.93. The molecule has 0 saturated heterocycles. The minimum Gasteiger partial charge on any atom is -0.492 e. The number of aryl methyl sites for hydroxylation is 1. The van der Waals surface area contributed by atoms with Gasteiger partial charge in [-0.05, 0) is 53.2 Å². The minimum atomic E-state index is -0.0808. The number of likely N-dealkylation sites (N-methyl/N-ethyl adjacent to an activating group) is 1. The monoisotopic (exact) mass is 337 g/mol. The lowest BCUT2D eigenvalue weighted by Gasteiger charge is -2.18. The highest BCUT2D eigenvalue weighted by atomic mass is 16.5. The molecule has 1 heterocycles. The van der Waals surface area contributed by atoms with E-state index in [0.29, 0.717) is 18.7 Å². The van der Waals surface area contributed by atoms with Crippen molar-refractivity contribution in [2.24, 2.45) is 0 Å². The average Bonchev–Trinajstić information content (AvgIpc) is 3.16. The Morgan fingerprint density at radius 1 is 1.20 bits per heavy atom. The van der Waals surface area contributed by atoms with Gasteiger partial charge in [0.05, 0.1) is 12.2 Å². The van der Waals surface area contributed by atoms with Crippen LogP contribution in [0.5, 0.6) is 5.75 Å². The van der Waals surface area contributed by atoms with E-state index in [2.05, 4.69) is 15.5 Å². The first-order valence-corrected chi connectivity index (χ1v) is 7.92. The summed E-state index contributed by atoms with van der Waals surface area (Å²) >= 11 is 0. The molecule has 0 N–H and O–H groups in total. The molecule has 0 bridgehead atoms. The second kappa shape index (κ2) is 7.57. The Morgan fingerprint density at radius 3 is 2.80 bits per heavy atom. The SMILES string of the molecule is Cc1cccc(OCCN(C)C(=O)c2cccc(-n3cnnn3)c2)c1. The molecule has 2 aromatic carbocycles. The van der Waals surface area contributed by atoms with Crippen molar-refractivity contribution in [3.05, 3.63) is 66.0 Å². The van der Waals surface area contributed by atoms with Gasteiger partial charge in [0.2, 0.25) is 0 Å². The molecule has 0 aliphatic heterocycles. The van der Waals surface area contributed by atoms with Crippen LogP contribution >= 0.6 is 0 Å². The Bertz CT molecular complexity index is 848. The van der Waals surface area contributed by atoms with Crippen LogP contribution in [-0.2, 0) is 0 Å². The van der Waals surface area contributed by atoms with Crippen LogP contribution in [0, 0.1) is 6.92 Å². The second-order valence-electron chi connectivity index (χ2n) is 5.70. The third-order valence-electron chi connectivity index (χ3n) is 3.74. The highest BCUT2D eigenvalue weighted by Gasteiger charge is 2.13. The van der Waals surface area contributed by atoms with Gasteiger partial charge >= 0.3 is 0 Å². The Hall–Kier alpha value is -3.22. The van der Waals surface area contributed by atoms with Crippen molar-refractivity contribution in [3.8, 4) is 11.4 Å². The van der Waals surface area contributed by atoms with E-state index in [1.165, 1.54) is 11.0 Å². The lowest BCUT2D eigenvalue weighted by molar-refractivity contribution is 0.0773. The highest BCUT2D eigenvalue weighted by Crippen LogP contribution is 2.13. The summed E-state index contributed by atoms with van der Waals surface area (Å²) in [5, 5.41) is 11.0. The zero-order valence-electron chi connectivity index (χ0n) is 14.2. The fourth-order valence-corrected chi connectivity index (χ4v) is 2.39. The van der Waals surface area contributed by atoms with Gasteiger partial charge in [-0.2, -0.15) is 0 Å². The number of aromatic nitrogens is 4. The smallest absolute Gasteiger partial charge is 0.253 e. The van der Waals surface area contributed by atoms with Crippen LogP contribution < -0.4 is 4.74 Å². The van der Waals surface area contributed by atoms with Crippen LogP contribution in [-0.4, -0.2) is 51.2 Å². The van der Waals surface area contributed by atoms with E-state index < -0.39 is 0 Å². The fraction of sp³-hybridized carbons (Fsp3) is 0.222. The van der Waals surface area contributed by atoms with Crippen molar-refractivity contribution in [2.75, 3.05) is 20.2 Å². The van der Waals surface area contributed by atoms with Crippen LogP contribution in [0.15, 0.2) is 54.9 Å². The summed E-state index contributed by atoms with van der Waals surface area (Å²) < 4.78 is 7.21. The Morgan fingerprint density at radius 2 is 2.04 bits per heavy atom. The molecule has 1 amide bonds. The predicted octanol–water partition coefficient (Wildman–Crippen LogP) is 2.12. The number of nitrogens with zero attached hydrogens (tertiary/aromatic N) is 5. The molecule has 0 radical (unpaired) electrons. The largest absolute Gasteiger partial charge is 0.492 e. The first kappa shape index (κ1) is 16.6. The molecule has 0 spiro atoms. The fourth-order valence-electron chi connectivity index (χ4n) is 2.39.